The Morgan fingerprint density at radius 1 is 0.814 bits per heavy atom. The maximum absolute atomic E-state index is 13.1. The zero-order valence-electron chi connectivity index (χ0n) is 33.2. The highest BCUT2D eigenvalue weighted by molar-refractivity contribution is 6.62. The molecule has 0 atom stereocenters. The van der Waals surface area contributed by atoms with E-state index < -0.39 is 18.3 Å². The van der Waals surface area contributed by atoms with Crippen molar-refractivity contribution in [1.82, 2.24) is 25.3 Å². The smallest absolute Gasteiger partial charge is 0.493 e. The second-order valence-electron chi connectivity index (χ2n) is 15.8. The number of carbonyl (C=O) groups is 1. The molecule has 3 heterocycles. The third-order valence-electron chi connectivity index (χ3n) is 11.1. The van der Waals surface area contributed by atoms with Gasteiger partial charge in [-0.3, -0.25) is 14.3 Å². The molecular weight excluding hydrogens is 745 g/mol. The Kier molecular flexibility index (Phi) is 9.86. The number of hydrogen-bond donors (Lipinski definition) is 1. The molecule has 1 saturated heterocycles. The van der Waals surface area contributed by atoms with Gasteiger partial charge in [-0.2, -0.15) is 0 Å². The van der Waals surface area contributed by atoms with E-state index in [4.69, 9.17) is 23.2 Å². The average Bonchev–Trinajstić information content (AvgIpc) is 3.77. The van der Waals surface area contributed by atoms with Crippen molar-refractivity contribution < 1.29 is 28.0 Å². The Morgan fingerprint density at radius 2 is 1.59 bits per heavy atom. The summed E-state index contributed by atoms with van der Waals surface area (Å²) in [4.78, 5) is 29.6. The van der Waals surface area contributed by atoms with Crippen molar-refractivity contribution in [3.63, 3.8) is 0 Å². The molecule has 13 heteroatoms. The van der Waals surface area contributed by atoms with Gasteiger partial charge in [-0.05, 0) is 109 Å². The van der Waals surface area contributed by atoms with Crippen LogP contribution in [0.1, 0.15) is 55.7 Å². The summed E-state index contributed by atoms with van der Waals surface area (Å²) >= 11 is 0. The zero-order chi connectivity index (χ0) is 40.7. The molecule has 1 N–H and O–H groups in total. The van der Waals surface area contributed by atoms with Crippen LogP contribution in [0.4, 0.5) is 0 Å². The first kappa shape index (κ1) is 38.0. The molecule has 2 aliphatic heterocycles. The van der Waals surface area contributed by atoms with Gasteiger partial charge in [0.15, 0.2) is 16.8 Å². The summed E-state index contributed by atoms with van der Waals surface area (Å²) in [5.74, 6) is 1.45. The summed E-state index contributed by atoms with van der Waals surface area (Å²) in [6.07, 6.45) is 2.47. The average molecular weight is 788 g/mol. The van der Waals surface area contributed by atoms with E-state index in [1.54, 1.807) is 16.8 Å². The van der Waals surface area contributed by atoms with Crippen LogP contribution < -0.4 is 25.7 Å². The van der Waals surface area contributed by atoms with Crippen LogP contribution in [0.15, 0.2) is 125 Å². The molecule has 12 nitrogen and oxygen atoms in total. The third kappa shape index (κ3) is 7.99. The third-order valence-corrected chi connectivity index (χ3v) is 11.1. The normalized spacial score (nSPS) is 14.7. The van der Waals surface area contributed by atoms with E-state index in [2.05, 4.69) is 44.9 Å². The molecule has 59 heavy (non-hydrogen) atoms. The van der Waals surface area contributed by atoms with Crippen molar-refractivity contribution >= 4 is 51.1 Å². The molecule has 0 unspecified atom stereocenters. The lowest BCUT2D eigenvalue weighted by Gasteiger charge is -2.32. The number of nitrogens with zero attached hydrogens (tertiary/aromatic N) is 4. The van der Waals surface area contributed by atoms with Crippen LogP contribution in [0.25, 0.3) is 44.1 Å². The van der Waals surface area contributed by atoms with Crippen molar-refractivity contribution in [2.24, 2.45) is 0 Å². The standard InChI is InChI=1S/C46H42BN5O7/c1-45(2)46(3,4)59-47(58-45)35-13-12-33(28-56-38-15-17-40-43(25-38)57-42-24-37(53)14-16-39(42)49-40)41(23-35)55-19-7-18-52-27-36(50-51-52)26-48-44(54)32-11-10-31-20-29-8-5-6-9-30(29)21-34(31)22-32/h5-6,8-17,20-25,27H,7,18-19,26,28H2,1-4H3,(H,48,54). The number of nitrogens with one attached hydrogen (secondary N) is 1. The first-order valence-corrected chi connectivity index (χ1v) is 19.6. The van der Waals surface area contributed by atoms with Gasteiger partial charge >= 0.3 is 7.12 Å². The molecule has 1 aromatic heterocycles. The minimum absolute atomic E-state index is 0.148. The summed E-state index contributed by atoms with van der Waals surface area (Å²) < 4.78 is 33.1. The molecule has 1 fully saturated rings. The highest BCUT2D eigenvalue weighted by Crippen LogP contribution is 2.37. The Bertz CT molecular complexity index is 2870. The van der Waals surface area contributed by atoms with Gasteiger partial charge in [-0.25, -0.2) is 4.98 Å². The van der Waals surface area contributed by atoms with Crippen molar-refractivity contribution in [2.45, 2.75) is 65.0 Å². The van der Waals surface area contributed by atoms with E-state index in [1.807, 2.05) is 94.6 Å². The van der Waals surface area contributed by atoms with Crippen LogP contribution in [0.5, 0.6) is 11.5 Å². The second kappa shape index (κ2) is 15.3. The second-order valence-corrected chi connectivity index (χ2v) is 15.8. The predicted octanol–water partition coefficient (Wildman–Crippen LogP) is 7.47. The molecule has 0 spiro atoms. The van der Waals surface area contributed by atoms with Crippen molar-refractivity contribution in [2.75, 3.05) is 6.61 Å². The SMILES string of the molecule is CC1(C)OB(c2ccc(COc3ccc4nc5ccc(=O)cc-5oc4c3)c(OCCCn3cc(CNC(=O)c4ccc5cc6ccccc6cc5c4)nn3)c2)OC1(C)C. The maximum atomic E-state index is 13.1. The molecule has 0 saturated carbocycles. The zero-order valence-corrected chi connectivity index (χ0v) is 33.2. The van der Waals surface area contributed by atoms with Crippen LogP contribution in [0.2, 0.25) is 0 Å². The van der Waals surface area contributed by atoms with Gasteiger partial charge in [0.1, 0.15) is 35.0 Å². The van der Waals surface area contributed by atoms with Gasteiger partial charge in [0.05, 0.1) is 30.6 Å². The van der Waals surface area contributed by atoms with Crippen molar-refractivity contribution in [3.05, 3.63) is 142 Å². The molecule has 296 valence electrons. The van der Waals surface area contributed by atoms with Crippen LogP contribution in [-0.4, -0.2) is 50.8 Å². The Balaban J connectivity index is 0.840. The number of benzene rings is 6. The Labute approximate surface area is 340 Å². The lowest BCUT2D eigenvalue weighted by atomic mass is 9.78. The van der Waals surface area contributed by atoms with E-state index in [9.17, 15) is 9.59 Å². The predicted molar refractivity (Wildman–Crippen MR) is 226 cm³/mol. The minimum Gasteiger partial charge on any atom is -0.493 e. The molecule has 6 aromatic rings. The highest BCUT2D eigenvalue weighted by Gasteiger charge is 2.51. The Morgan fingerprint density at radius 3 is 2.41 bits per heavy atom. The quantitative estimate of drug-likeness (QED) is 0.0754. The van der Waals surface area contributed by atoms with Gasteiger partial charge in [-0.1, -0.05) is 47.7 Å². The summed E-state index contributed by atoms with van der Waals surface area (Å²) in [6.45, 7) is 9.50. The molecule has 0 bridgehead atoms. The highest BCUT2D eigenvalue weighted by atomic mass is 16.7. The van der Waals surface area contributed by atoms with Crippen LogP contribution in [0.3, 0.4) is 0 Å². The number of rotatable bonds is 12. The Hall–Kier alpha value is -6.57. The molecule has 5 aromatic carbocycles. The molecule has 9 rings (SSSR count). The molecule has 1 amide bonds. The van der Waals surface area contributed by atoms with E-state index in [-0.39, 0.29) is 24.5 Å². The van der Waals surface area contributed by atoms with E-state index >= 15 is 0 Å². The number of carbonyl (C=O) groups excluding carboxylic acids is 1. The minimum atomic E-state index is -0.563. The van der Waals surface area contributed by atoms with Crippen LogP contribution in [-0.2, 0) is 29.0 Å². The topological polar surface area (TPSA) is 140 Å². The first-order chi connectivity index (χ1) is 28.5. The van der Waals surface area contributed by atoms with Crippen LogP contribution in [0, 0.1) is 0 Å². The summed E-state index contributed by atoms with van der Waals surface area (Å²) in [5, 5.41) is 15.9. The molecular formula is C46H42BN5O7. The number of amides is 1. The van der Waals surface area contributed by atoms with Gasteiger partial charge in [0, 0.05) is 36.2 Å². The number of aryl methyl sites for hydroxylation is 1. The lowest BCUT2D eigenvalue weighted by molar-refractivity contribution is 0.00578. The summed E-state index contributed by atoms with van der Waals surface area (Å²) in [7, 11) is -0.563. The van der Waals surface area contributed by atoms with E-state index in [0.29, 0.717) is 64.9 Å². The van der Waals surface area contributed by atoms with Crippen molar-refractivity contribution in [1.29, 1.82) is 0 Å². The fraction of sp³-hybridized carbons (Fsp3) is 0.239. The number of hydrogen-bond acceptors (Lipinski definition) is 10. The fourth-order valence-corrected chi connectivity index (χ4v) is 7.08. The van der Waals surface area contributed by atoms with Crippen LogP contribution >= 0.6 is 0 Å². The molecule has 3 aliphatic rings. The van der Waals surface area contributed by atoms with Gasteiger partial charge in [-0.15, -0.1) is 5.10 Å². The molecule has 0 radical (unpaired) electrons. The maximum Gasteiger partial charge on any atom is 0.494 e. The lowest BCUT2D eigenvalue weighted by Crippen LogP contribution is -2.41. The van der Waals surface area contributed by atoms with Gasteiger partial charge in [0.2, 0.25) is 0 Å². The summed E-state index contributed by atoms with van der Waals surface area (Å²) in [6, 6.07) is 34.0. The van der Waals surface area contributed by atoms with Crippen molar-refractivity contribution in [3.8, 4) is 23.0 Å². The van der Waals surface area contributed by atoms with E-state index in [1.165, 1.54) is 17.5 Å². The number of ether oxygens (including phenoxy) is 2. The molecule has 1 aliphatic carbocycles. The van der Waals surface area contributed by atoms with Gasteiger partial charge < -0.3 is 28.5 Å². The largest absolute Gasteiger partial charge is 0.494 e. The fourth-order valence-electron chi connectivity index (χ4n) is 7.08. The summed E-state index contributed by atoms with van der Waals surface area (Å²) in [5.41, 5.74) is 3.52. The van der Waals surface area contributed by atoms with E-state index in [0.717, 1.165) is 27.2 Å². The first-order valence-electron chi connectivity index (χ1n) is 19.6. The monoisotopic (exact) mass is 787 g/mol. The number of aromatic nitrogens is 4. The van der Waals surface area contributed by atoms with Gasteiger partial charge in [0.25, 0.3) is 5.91 Å². The number of fused-ring (bicyclic) bond motifs is 4.